The number of halogens is 3. The number of thioether (sulfide) groups is 1. The maximum absolute atomic E-state index is 13.4. The number of carbonyl (C=O) groups excluding carboxylic acids is 2. The highest BCUT2D eigenvalue weighted by Gasteiger charge is 2.50. The number of carboxylic acid groups (broad SMARTS) is 1. The fraction of sp³-hybridized carbons (Fsp3) is 0.788. The summed E-state index contributed by atoms with van der Waals surface area (Å²) in [4.78, 5) is 51.2. The molecule has 5 heterocycles. The fourth-order valence-corrected chi connectivity index (χ4v) is 7.94. The number of aromatic nitrogens is 2. The molecular formula is C33H50F3N5O6S. The van der Waals surface area contributed by atoms with Crippen molar-refractivity contribution in [1.29, 1.82) is 0 Å². The molecule has 15 heteroatoms. The minimum atomic E-state index is -5.08. The van der Waals surface area contributed by atoms with E-state index in [9.17, 15) is 22.8 Å². The van der Waals surface area contributed by atoms with Crippen molar-refractivity contribution in [2.75, 3.05) is 58.7 Å². The van der Waals surface area contributed by atoms with Gasteiger partial charge < -0.3 is 24.4 Å². The summed E-state index contributed by atoms with van der Waals surface area (Å²) in [7, 11) is 0. The van der Waals surface area contributed by atoms with Crippen LogP contribution in [0.5, 0.6) is 0 Å². The number of nitrogens with zero attached hydrogens (tertiary/aromatic N) is 5. The first-order chi connectivity index (χ1) is 22.8. The molecule has 2 amide bonds. The number of likely N-dealkylation sites (tertiary alicyclic amines) is 2. The van der Waals surface area contributed by atoms with Gasteiger partial charge in [0.15, 0.2) is 5.16 Å². The Kier molecular flexibility index (Phi) is 13.4. The van der Waals surface area contributed by atoms with E-state index in [-0.39, 0.29) is 17.6 Å². The highest BCUT2D eigenvalue weighted by molar-refractivity contribution is 7.98. The number of alkyl halides is 3. The molecule has 0 radical (unpaired) electrons. The lowest BCUT2D eigenvalue weighted by atomic mass is 9.75. The molecule has 5 rings (SSSR count). The Morgan fingerprint density at radius 2 is 1.60 bits per heavy atom. The van der Waals surface area contributed by atoms with Gasteiger partial charge in [0, 0.05) is 77.3 Å². The predicted molar refractivity (Wildman–Crippen MR) is 174 cm³/mol. The number of aliphatic carboxylic acids is 1. The Bertz CT molecular complexity index is 1240. The Balaban J connectivity index is 0.000000671. The summed E-state index contributed by atoms with van der Waals surface area (Å²) in [5, 5.41) is 7.84. The van der Waals surface area contributed by atoms with E-state index < -0.39 is 12.1 Å². The van der Waals surface area contributed by atoms with Crippen LogP contribution in [-0.2, 0) is 14.3 Å². The summed E-state index contributed by atoms with van der Waals surface area (Å²) < 4.78 is 43.7. The number of ether oxygens (including phenoxy) is 2. The van der Waals surface area contributed by atoms with Gasteiger partial charge in [0.2, 0.25) is 0 Å². The van der Waals surface area contributed by atoms with E-state index in [1.54, 1.807) is 0 Å². The Morgan fingerprint density at radius 1 is 1.02 bits per heavy atom. The summed E-state index contributed by atoms with van der Waals surface area (Å²) in [5.41, 5.74) is 1.86. The molecule has 4 aliphatic heterocycles. The second-order valence-corrected chi connectivity index (χ2v) is 14.1. The molecule has 1 aromatic rings. The summed E-state index contributed by atoms with van der Waals surface area (Å²) in [6.45, 7) is 12.7. The lowest BCUT2D eigenvalue weighted by Crippen LogP contribution is -2.61. The molecule has 4 aliphatic rings. The molecule has 0 saturated carbocycles. The molecule has 1 spiro atoms. The normalized spacial score (nSPS) is 22.6. The molecule has 1 atom stereocenters. The molecule has 1 N–H and O–H groups in total. The van der Waals surface area contributed by atoms with Gasteiger partial charge in [0.1, 0.15) is 5.60 Å². The van der Waals surface area contributed by atoms with Gasteiger partial charge in [-0.3, -0.25) is 9.69 Å². The summed E-state index contributed by atoms with van der Waals surface area (Å²) in [5.74, 6) is -1.78. The van der Waals surface area contributed by atoms with Gasteiger partial charge in [-0.2, -0.15) is 13.2 Å². The van der Waals surface area contributed by atoms with E-state index >= 15 is 0 Å². The maximum atomic E-state index is 13.4. The highest BCUT2D eigenvalue weighted by atomic mass is 32.2. The summed E-state index contributed by atoms with van der Waals surface area (Å²) >= 11 is 1.50. The first-order valence-electron chi connectivity index (χ1n) is 17.1. The number of piperidine rings is 2. The van der Waals surface area contributed by atoms with Crippen molar-refractivity contribution in [1.82, 2.24) is 24.7 Å². The van der Waals surface area contributed by atoms with Crippen molar-refractivity contribution in [3.63, 3.8) is 0 Å². The lowest BCUT2D eigenvalue weighted by molar-refractivity contribution is -0.192. The zero-order chi connectivity index (χ0) is 35.1. The average molecular weight is 702 g/mol. The minimum Gasteiger partial charge on any atom is -0.475 e. The van der Waals surface area contributed by atoms with Crippen LogP contribution in [-0.4, -0.2) is 124 Å². The molecule has 0 aromatic carbocycles. The van der Waals surface area contributed by atoms with Crippen LogP contribution >= 0.6 is 11.8 Å². The molecule has 4 saturated heterocycles. The first-order valence-corrected chi connectivity index (χ1v) is 18.3. The smallest absolute Gasteiger partial charge is 0.475 e. The Morgan fingerprint density at radius 3 is 2.12 bits per heavy atom. The number of unbranched alkanes of at least 4 members (excludes halogenated alkanes) is 1. The van der Waals surface area contributed by atoms with Crippen molar-refractivity contribution in [3.05, 3.63) is 17.0 Å². The monoisotopic (exact) mass is 701 g/mol. The zero-order valence-corrected chi connectivity index (χ0v) is 29.3. The van der Waals surface area contributed by atoms with Crippen LogP contribution in [0.15, 0.2) is 5.16 Å². The van der Waals surface area contributed by atoms with Crippen LogP contribution in [0.25, 0.3) is 0 Å². The second kappa shape index (κ2) is 16.8. The third-order valence-corrected chi connectivity index (χ3v) is 10.8. The third-order valence-electron chi connectivity index (χ3n) is 10.3. The van der Waals surface area contributed by atoms with Crippen molar-refractivity contribution in [3.8, 4) is 0 Å². The number of carbonyl (C=O) groups is 3. The van der Waals surface area contributed by atoms with E-state index in [0.29, 0.717) is 28.6 Å². The molecule has 48 heavy (non-hydrogen) atoms. The van der Waals surface area contributed by atoms with Crippen molar-refractivity contribution in [2.24, 2.45) is 11.8 Å². The highest BCUT2D eigenvalue weighted by Crippen LogP contribution is 2.42. The van der Waals surface area contributed by atoms with E-state index in [0.717, 1.165) is 115 Å². The third kappa shape index (κ3) is 9.52. The van der Waals surface area contributed by atoms with Crippen molar-refractivity contribution >= 4 is 29.7 Å². The van der Waals surface area contributed by atoms with Gasteiger partial charge in [-0.05, 0) is 58.1 Å². The van der Waals surface area contributed by atoms with Gasteiger partial charge in [-0.25, -0.2) is 19.6 Å². The number of rotatable bonds is 8. The standard InChI is InChI=1S/C31H49N5O4S.C2HF3O2/c1-5-6-7-25-21-36(20-24-10-18-39-19-11-24)30(38)40-31(25)12-16-34(17-13-31)26-8-14-35(15-9-26)28(37)27-22(2)32-29(41-4)33-23(27)3;3-2(4,5)1(6)7/h24-26H,5-21H2,1-4H3;(H,6,7). The average Bonchev–Trinajstić information content (AvgIpc) is 3.06. The van der Waals surface area contributed by atoms with Crippen LogP contribution in [0.1, 0.15) is 86.5 Å². The van der Waals surface area contributed by atoms with E-state index in [2.05, 4.69) is 21.8 Å². The lowest BCUT2D eigenvalue weighted by Gasteiger charge is -2.52. The number of aryl methyl sites for hydroxylation is 2. The van der Waals surface area contributed by atoms with Crippen LogP contribution in [0.2, 0.25) is 0 Å². The van der Waals surface area contributed by atoms with E-state index in [1.807, 2.05) is 29.9 Å². The van der Waals surface area contributed by atoms with E-state index in [1.165, 1.54) is 18.2 Å². The summed E-state index contributed by atoms with van der Waals surface area (Å²) in [6.07, 6.45) is 6.05. The Hall–Kier alpha value is -2.65. The van der Waals surface area contributed by atoms with Gasteiger partial charge in [0.25, 0.3) is 5.91 Å². The molecule has 0 aliphatic carbocycles. The number of hydrogen-bond donors (Lipinski definition) is 1. The number of amides is 2. The number of hydrogen-bond acceptors (Lipinski definition) is 9. The van der Waals surface area contributed by atoms with Gasteiger partial charge in [-0.15, -0.1) is 0 Å². The fourth-order valence-electron chi connectivity index (χ4n) is 7.48. The van der Waals surface area contributed by atoms with Crippen LogP contribution in [0, 0.1) is 25.7 Å². The summed E-state index contributed by atoms with van der Waals surface area (Å²) in [6, 6.07) is 0.465. The number of carboxylic acids is 1. The molecule has 270 valence electrons. The van der Waals surface area contributed by atoms with Gasteiger partial charge in [0.05, 0.1) is 17.0 Å². The van der Waals surface area contributed by atoms with Crippen molar-refractivity contribution in [2.45, 2.75) is 102 Å². The molecule has 0 bridgehead atoms. The van der Waals surface area contributed by atoms with Crippen LogP contribution in [0.4, 0.5) is 18.0 Å². The van der Waals surface area contributed by atoms with Gasteiger partial charge in [-0.1, -0.05) is 31.5 Å². The molecule has 4 fully saturated rings. The molecule has 1 unspecified atom stereocenters. The molecular weight excluding hydrogens is 651 g/mol. The zero-order valence-electron chi connectivity index (χ0n) is 28.5. The Labute approximate surface area is 285 Å². The van der Waals surface area contributed by atoms with Gasteiger partial charge >= 0.3 is 18.2 Å². The maximum Gasteiger partial charge on any atom is 0.490 e. The van der Waals surface area contributed by atoms with Crippen LogP contribution < -0.4 is 0 Å². The second-order valence-electron chi connectivity index (χ2n) is 13.4. The quantitative estimate of drug-likeness (QED) is 0.272. The van der Waals surface area contributed by atoms with E-state index in [4.69, 9.17) is 19.4 Å². The SMILES string of the molecule is CCCCC1CN(CC2CCOCC2)C(=O)OC12CCN(C1CCN(C(=O)c3c(C)nc(SC)nc3C)CC1)CC2.O=C(O)C(F)(F)F. The topological polar surface area (TPSA) is 125 Å². The molecule has 11 nitrogen and oxygen atoms in total. The molecule has 1 aromatic heterocycles. The first kappa shape index (κ1) is 38.2. The van der Waals surface area contributed by atoms with Crippen molar-refractivity contribution < 1.29 is 42.1 Å². The minimum absolute atomic E-state index is 0.0573. The van der Waals surface area contributed by atoms with Crippen LogP contribution in [0.3, 0.4) is 0 Å². The largest absolute Gasteiger partial charge is 0.490 e. The predicted octanol–water partition coefficient (Wildman–Crippen LogP) is 5.57.